The van der Waals surface area contributed by atoms with Crippen molar-refractivity contribution in [3.63, 3.8) is 0 Å². The summed E-state index contributed by atoms with van der Waals surface area (Å²) < 4.78 is 12.2. The molecule has 7 nitrogen and oxygen atoms in total. The quantitative estimate of drug-likeness (QED) is 0.409. The molecule has 150 valence electrons. The lowest BCUT2D eigenvalue weighted by molar-refractivity contribution is -0.109. The van der Waals surface area contributed by atoms with Crippen LogP contribution in [0.25, 0.3) is 17.1 Å². The number of nitrogens with zero attached hydrogens (tertiary/aromatic N) is 3. The summed E-state index contributed by atoms with van der Waals surface area (Å²) in [5.74, 6) is 0.158. The molecule has 3 aromatic rings. The van der Waals surface area contributed by atoms with Crippen molar-refractivity contribution in [1.82, 2.24) is 14.8 Å². The Kier molecular flexibility index (Phi) is 7.16. The van der Waals surface area contributed by atoms with Crippen LogP contribution < -0.4 is 10.1 Å². The summed E-state index contributed by atoms with van der Waals surface area (Å²) in [6, 6.07) is 12.4. The van der Waals surface area contributed by atoms with E-state index >= 15 is 0 Å². The van der Waals surface area contributed by atoms with Crippen molar-refractivity contribution in [2.45, 2.75) is 0 Å². The number of halogens is 2. The van der Waals surface area contributed by atoms with Crippen molar-refractivity contribution in [2.75, 3.05) is 25.6 Å². The molecule has 0 bridgehead atoms. The van der Waals surface area contributed by atoms with Gasteiger partial charge in [0, 0.05) is 18.4 Å². The molecule has 3 rings (SSSR count). The molecule has 0 saturated carbocycles. The van der Waals surface area contributed by atoms with Crippen LogP contribution in [-0.4, -0.2) is 46.4 Å². The van der Waals surface area contributed by atoms with Crippen LogP contribution in [0, 0.1) is 0 Å². The molecule has 29 heavy (non-hydrogen) atoms. The van der Waals surface area contributed by atoms with Crippen molar-refractivity contribution < 1.29 is 14.3 Å². The average Bonchev–Trinajstić information content (AvgIpc) is 3.15. The predicted octanol–water partition coefficient (Wildman–Crippen LogP) is 4.20. The minimum Gasteiger partial charge on any atom is -0.460 e. The van der Waals surface area contributed by atoms with E-state index in [9.17, 15) is 4.79 Å². The molecule has 0 saturated heterocycles. The fraction of sp³-hybridized carbons (Fsp3) is 0.158. The third kappa shape index (κ3) is 5.30. The van der Waals surface area contributed by atoms with Crippen molar-refractivity contribution >= 4 is 52.4 Å². The molecule has 0 aliphatic carbocycles. The minimum atomic E-state index is -0.362. The number of carbonyl (C=O) groups is 1. The Morgan fingerprint density at radius 3 is 2.59 bits per heavy atom. The number of anilines is 1. The second-order valence-corrected chi connectivity index (χ2v) is 6.80. The monoisotopic (exact) mass is 450 g/mol. The lowest BCUT2D eigenvalue weighted by Gasteiger charge is -2.08. The van der Waals surface area contributed by atoms with Crippen LogP contribution >= 0.6 is 35.4 Å². The van der Waals surface area contributed by atoms with Crippen molar-refractivity contribution in [1.29, 1.82) is 0 Å². The highest BCUT2D eigenvalue weighted by Crippen LogP contribution is 2.30. The van der Waals surface area contributed by atoms with E-state index in [0.29, 0.717) is 46.0 Å². The fourth-order valence-electron chi connectivity index (χ4n) is 2.43. The first-order valence-electron chi connectivity index (χ1n) is 8.42. The number of methoxy groups -OCH3 is 1. The largest absolute Gasteiger partial charge is 0.460 e. The fourth-order valence-corrected chi connectivity index (χ4v) is 2.79. The zero-order valence-electron chi connectivity index (χ0n) is 15.3. The highest BCUT2D eigenvalue weighted by molar-refractivity contribution is 7.80. The van der Waals surface area contributed by atoms with E-state index in [1.807, 2.05) is 0 Å². The van der Waals surface area contributed by atoms with Gasteiger partial charge in [0.25, 0.3) is 5.91 Å². The molecule has 0 radical (unpaired) electrons. The molecule has 1 N–H and O–H groups in total. The lowest BCUT2D eigenvalue weighted by atomic mass is 10.2. The number of hydrogen-bond donors (Lipinski definition) is 1. The van der Waals surface area contributed by atoms with E-state index in [1.54, 1.807) is 54.3 Å². The third-order valence-electron chi connectivity index (χ3n) is 3.77. The van der Waals surface area contributed by atoms with Gasteiger partial charge < -0.3 is 14.8 Å². The molecule has 0 unspecified atom stereocenters. The van der Waals surface area contributed by atoms with Crippen LogP contribution in [0.4, 0.5) is 5.69 Å². The maximum atomic E-state index is 11.4. The summed E-state index contributed by atoms with van der Waals surface area (Å²) in [5.41, 5.74) is 2.03. The van der Waals surface area contributed by atoms with Crippen molar-refractivity contribution in [3.05, 3.63) is 52.5 Å². The highest BCUT2D eigenvalue weighted by Gasteiger charge is 2.16. The topological polar surface area (TPSA) is 78.3 Å². The van der Waals surface area contributed by atoms with Crippen molar-refractivity contribution in [2.24, 2.45) is 0 Å². The van der Waals surface area contributed by atoms with Gasteiger partial charge in [0.15, 0.2) is 5.82 Å². The molecule has 0 atom stereocenters. The van der Waals surface area contributed by atoms with Crippen LogP contribution in [0.2, 0.25) is 10.0 Å². The maximum absolute atomic E-state index is 11.4. The number of hydrogen-bond acceptors (Lipinski definition) is 6. The summed E-state index contributed by atoms with van der Waals surface area (Å²) in [7, 11) is 1.58. The van der Waals surface area contributed by atoms with Crippen LogP contribution in [0.1, 0.15) is 0 Å². The van der Waals surface area contributed by atoms with Crippen LogP contribution in [-0.2, 0) is 9.53 Å². The predicted molar refractivity (Wildman–Crippen MR) is 116 cm³/mol. The van der Waals surface area contributed by atoms with Gasteiger partial charge in [-0.1, -0.05) is 35.4 Å². The van der Waals surface area contributed by atoms with E-state index < -0.39 is 0 Å². The molecule has 1 heterocycles. The summed E-state index contributed by atoms with van der Waals surface area (Å²) in [6.07, 6.45) is 0. The van der Waals surface area contributed by atoms with Gasteiger partial charge in [-0.3, -0.25) is 4.79 Å². The summed E-state index contributed by atoms with van der Waals surface area (Å²) >= 11 is 16.8. The number of aromatic nitrogens is 3. The Bertz CT molecular complexity index is 1020. The Hall–Kier alpha value is -2.52. The third-order valence-corrected chi connectivity index (χ3v) is 4.72. The minimum absolute atomic E-state index is 0.196. The highest BCUT2D eigenvalue weighted by atomic mass is 35.5. The number of nitrogens with one attached hydrogen (secondary N) is 1. The molecule has 0 spiro atoms. The Balaban J connectivity index is 1.98. The first-order valence-corrected chi connectivity index (χ1v) is 9.65. The molecule has 0 fully saturated rings. The molecule has 10 heteroatoms. The van der Waals surface area contributed by atoms with Gasteiger partial charge in [0.2, 0.25) is 0 Å². The van der Waals surface area contributed by atoms with E-state index in [-0.39, 0.29) is 11.9 Å². The number of benzene rings is 2. The molecule has 0 aliphatic rings. The Morgan fingerprint density at radius 2 is 1.93 bits per heavy atom. The first-order chi connectivity index (χ1) is 14.0. The van der Waals surface area contributed by atoms with E-state index in [0.717, 1.165) is 5.37 Å². The van der Waals surface area contributed by atoms with Crippen molar-refractivity contribution in [3.8, 4) is 23.1 Å². The lowest BCUT2D eigenvalue weighted by Crippen LogP contribution is -2.11. The smallest absolute Gasteiger partial charge is 0.336 e. The number of thiocarbonyl (C=S) groups is 1. The molecule has 1 amide bonds. The number of amides is 1. The van der Waals surface area contributed by atoms with Gasteiger partial charge in [0.05, 0.1) is 27.7 Å². The van der Waals surface area contributed by atoms with Gasteiger partial charge in [-0.25, -0.2) is 4.68 Å². The maximum Gasteiger partial charge on any atom is 0.336 e. The molecule has 0 aliphatic heterocycles. The molecule has 2 aromatic carbocycles. The number of rotatable bonds is 8. The first kappa shape index (κ1) is 21.2. The standard InChI is InChI=1S/C19H16Cl2N4O3S/c1-27-8-9-28-19-23-18(12-2-7-15(20)16(21)10-12)25(24-19)14-5-3-13(4-6-14)22-17(26)11-29/h2-7,10-11H,8-9H2,1H3,(H,22,26). The van der Waals surface area contributed by atoms with Gasteiger partial charge in [-0.2, -0.15) is 4.98 Å². The molecular weight excluding hydrogens is 435 g/mol. The number of ether oxygens (including phenoxy) is 2. The second kappa shape index (κ2) is 9.80. The summed E-state index contributed by atoms with van der Waals surface area (Å²) in [5, 5.41) is 8.97. The summed E-state index contributed by atoms with van der Waals surface area (Å²) in [6.45, 7) is 0.717. The normalized spacial score (nSPS) is 10.6. The van der Waals surface area contributed by atoms with Gasteiger partial charge in [0.1, 0.15) is 6.61 Å². The SMILES string of the molecule is COCCOc1nc(-c2ccc(Cl)c(Cl)c2)n(-c2ccc(NC(=O)C=S)cc2)n1. The summed E-state index contributed by atoms with van der Waals surface area (Å²) in [4.78, 5) is 15.9. The van der Waals surface area contributed by atoms with Crippen LogP contribution in [0.5, 0.6) is 6.01 Å². The van der Waals surface area contributed by atoms with Crippen LogP contribution in [0.15, 0.2) is 42.5 Å². The Morgan fingerprint density at radius 1 is 1.17 bits per heavy atom. The van der Waals surface area contributed by atoms with Gasteiger partial charge in [-0.15, -0.1) is 5.10 Å². The van der Waals surface area contributed by atoms with E-state index in [2.05, 4.69) is 27.6 Å². The van der Waals surface area contributed by atoms with E-state index in [1.165, 1.54) is 0 Å². The zero-order valence-corrected chi connectivity index (χ0v) is 17.6. The Labute approximate surface area is 182 Å². The van der Waals surface area contributed by atoms with Gasteiger partial charge >= 0.3 is 6.01 Å². The zero-order chi connectivity index (χ0) is 20.8. The molecule has 1 aromatic heterocycles. The number of carbonyl (C=O) groups excluding carboxylic acids is 1. The van der Waals surface area contributed by atoms with E-state index in [4.69, 9.17) is 32.7 Å². The second-order valence-electron chi connectivity index (χ2n) is 5.75. The van der Waals surface area contributed by atoms with Crippen LogP contribution in [0.3, 0.4) is 0 Å². The molecular formula is C19H16Cl2N4O3S. The van der Waals surface area contributed by atoms with Gasteiger partial charge in [-0.05, 0) is 42.5 Å². The average molecular weight is 451 g/mol.